The summed E-state index contributed by atoms with van der Waals surface area (Å²) in [6.07, 6.45) is 0. The standard InChI is InChI=1S/C32H24BNO2/c1-21-10-3-6-13-26(21)34(27-14-7-4-11-22(27)2)23-18-19-29-25(20-23)33-24-12-5-8-15-28(24)35-30-16-9-17-31(36-29)32(30)33/h3-20H,1-2H3. The van der Waals surface area contributed by atoms with Crippen LogP contribution in [0.3, 0.4) is 0 Å². The first-order valence-corrected chi connectivity index (χ1v) is 12.3. The normalized spacial score (nSPS) is 12.6. The van der Waals surface area contributed by atoms with E-state index < -0.39 is 0 Å². The molecule has 2 aliphatic rings. The third-order valence-electron chi connectivity index (χ3n) is 7.26. The predicted octanol–water partition coefficient (Wildman–Crippen LogP) is 6.50. The van der Waals surface area contributed by atoms with Crippen molar-refractivity contribution in [3.63, 3.8) is 0 Å². The number of hydrogen-bond donors (Lipinski definition) is 0. The first kappa shape index (κ1) is 20.9. The largest absolute Gasteiger partial charge is 0.458 e. The number of ether oxygens (including phenoxy) is 2. The molecule has 0 fully saturated rings. The fourth-order valence-electron chi connectivity index (χ4n) is 5.54. The summed E-state index contributed by atoms with van der Waals surface area (Å²) < 4.78 is 12.7. The van der Waals surface area contributed by atoms with E-state index in [4.69, 9.17) is 9.47 Å². The van der Waals surface area contributed by atoms with Crippen molar-refractivity contribution in [3.05, 3.63) is 120 Å². The molecule has 0 saturated heterocycles. The van der Waals surface area contributed by atoms with Gasteiger partial charge in [-0.2, -0.15) is 0 Å². The molecule has 0 atom stereocenters. The molecule has 0 aliphatic carbocycles. The molecule has 0 bridgehead atoms. The molecule has 0 radical (unpaired) electrons. The summed E-state index contributed by atoms with van der Waals surface area (Å²) in [5.74, 6) is 3.52. The van der Waals surface area contributed by atoms with E-state index in [1.54, 1.807) is 0 Å². The summed E-state index contributed by atoms with van der Waals surface area (Å²) in [5.41, 5.74) is 9.28. The van der Waals surface area contributed by atoms with Gasteiger partial charge in [-0.3, -0.25) is 0 Å². The van der Waals surface area contributed by atoms with Gasteiger partial charge in [0.05, 0.1) is 0 Å². The van der Waals surface area contributed by atoms with Gasteiger partial charge in [0.25, 0.3) is 6.71 Å². The minimum absolute atomic E-state index is 0.0421. The van der Waals surface area contributed by atoms with Crippen molar-refractivity contribution in [1.29, 1.82) is 0 Å². The maximum absolute atomic E-state index is 6.43. The van der Waals surface area contributed by atoms with Crippen molar-refractivity contribution >= 4 is 40.2 Å². The Kier molecular flexibility index (Phi) is 4.68. The Morgan fingerprint density at radius 1 is 0.528 bits per heavy atom. The summed E-state index contributed by atoms with van der Waals surface area (Å²) in [6.45, 7) is 4.37. The van der Waals surface area contributed by atoms with Crippen LogP contribution in [0.1, 0.15) is 11.1 Å². The van der Waals surface area contributed by atoms with Crippen molar-refractivity contribution in [2.45, 2.75) is 13.8 Å². The number of benzene rings is 5. The second-order valence-corrected chi connectivity index (χ2v) is 9.47. The molecule has 0 saturated carbocycles. The number of aryl methyl sites for hydroxylation is 2. The lowest BCUT2D eigenvalue weighted by Crippen LogP contribution is -2.57. The highest BCUT2D eigenvalue weighted by molar-refractivity contribution is 6.98. The molecule has 7 rings (SSSR count). The van der Waals surface area contributed by atoms with Crippen LogP contribution >= 0.6 is 0 Å². The first-order valence-electron chi connectivity index (χ1n) is 12.3. The van der Waals surface area contributed by atoms with Gasteiger partial charge < -0.3 is 14.4 Å². The predicted molar refractivity (Wildman–Crippen MR) is 148 cm³/mol. The van der Waals surface area contributed by atoms with Gasteiger partial charge in [-0.05, 0) is 84.4 Å². The summed E-state index contributed by atoms with van der Waals surface area (Å²) in [7, 11) is 0. The monoisotopic (exact) mass is 465 g/mol. The zero-order valence-corrected chi connectivity index (χ0v) is 20.2. The minimum atomic E-state index is 0.0421. The van der Waals surface area contributed by atoms with Crippen molar-refractivity contribution in [2.24, 2.45) is 0 Å². The number of anilines is 3. The molecule has 2 aliphatic heterocycles. The Bertz CT molecular complexity index is 1580. The molecule has 5 aromatic rings. The van der Waals surface area contributed by atoms with E-state index in [-0.39, 0.29) is 6.71 Å². The topological polar surface area (TPSA) is 21.7 Å². The van der Waals surface area contributed by atoms with E-state index in [0.717, 1.165) is 56.4 Å². The van der Waals surface area contributed by atoms with Crippen molar-refractivity contribution in [3.8, 4) is 23.0 Å². The van der Waals surface area contributed by atoms with Crippen LogP contribution in [0.5, 0.6) is 23.0 Å². The van der Waals surface area contributed by atoms with Gasteiger partial charge in [0.2, 0.25) is 0 Å². The number of rotatable bonds is 3. The molecular weight excluding hydrogens is 441 g/mol. The van der Waals surface area contributed by atoms with E-state index in [9.17, 15) is 0 Å². The summed E-state index contributed by atoms with van der Waals surface area (Å²) in [4.78, 5) is 2.36. The van der Waals surface area contributed by atoms with Gasteiger partial charge in [-0.15, -0.1) is 0 Å². The lowest BCUT2D eigenvalue weighted by atomic mass is 9.35. The van der Waals surface area contributed by atoms with Crippen LogP contribution in [0.2, 0.25) is 0 Å². The minimum Gasteiger partial charge on any atom is -0.458 e. The maximum atomic E-state index is 6.43. The number of para-hydroxylation sites is 3. The van der Waals surface area contributed by atoms with Crippen LogP contribution in [-0.2, 0) is 0 Å². The Hall–Kier alpha value is -4.44. The smallest absolute Gasteiger partial charge is 0.260 e. The first-order chi connectivity index (χ1) is 17.7. The maximum Gasteiger partial charge on any atom is 0.260 e. The molecule has 0 aromatic heterocycles. The third kappa shape index (κ3) is 3.15. The Balaban J connectivity index is 1.47. The van der Waals surface area contributed by atoms with Crippen molar-refractivity contribution in [2.75, 3.05) is 4.90 Å². The van der Waals surface area contributed by atoms with E-state index >= 15 is 0 Å². The lowest BCUT2D eigenvalue weighted by molar-refractivity contribution is 0.464. The van der Waals surface area contributed by atoms with Crippen LogP contribution in [0, 0.1) is 13.8 Å². The van der Waals surface area contributed by atoms with Gasteiger partial charge in [0.1, 0.15) is 23.0 Å². The lowest BCUT2D eigenvalue weighted by Gasteiger charge is -2.34. The van der Waals surface area contributed by atoms with Crippen LogP contribution in [0.25, 0.3) is 0 Å². The second kappa shape index (κ2) is 8.06. The average molecular weight is 465 g/mol. The summed E-state index contributed by atoms with van der Waals surface area (Å²) >= 11 is 0. The fourth-order valence-corrected chi connectivity index (χ4v) is 5.54. The van der Waals surface area contributed by atoms with Gasteiger partial charge >= 0.3 is 0 Å². The van der Waals surface area contributed by atoms with Gasteiger partial charge in [-0.1, -0.05) is 60.7 Å². The molecule has 2 heterocycles. The molecule has 5 aromatic carbocycles. The average Bonchev–Trinajstić information content (AvgIpc) is 2.91. The SMILES string of the molecule is Cc1ccccc1N(c1ccc2c(c1)B1c3ccccc3Oc3cccc(c31)O2)c1ccccc1C. The van der Waals surface area contributed by atoms with Crippen LogP contribution in [-0.4, -0.2) is 6.71 Å². The van der Waals surface area contributed by atoms with E-state index in [1.165, 1.54) is 11.1 Å². The Morgan fingerprint density at radius 2 is 1.08 bits per heavy atom. The van der Waals surface area contributed by atoms with Crippen molar-refractivity contribution in [1.82, 2.24) is 0 Å². The highest BCUT2D eigenvalue weighted by Gasteiger charge is 2.40. The Labute approximate surface area is 211 Å². The van der Waals surface area contributed by atoms with E-state index in [2.05, 4.69) is 104 Å². The van der Waals surface area contributed by atoms with Crippen LogP contribution in [0.4, 0.5) is 17.1 Å². The second-order valence-electron chi connectivity index (χ2n) is 9.47. The molecule has 3 nitrogen and oxygen atoms in total. The Morgan fingerprint density at radius 3 is 1.75 bits per heavy atom. The fraction of sp³-hybridized carbons (Fsp3) is 0.0625. The van der Waals surface area contributed by atoms with E-state index in [0.29, 0.717) is 0 Å². The van der Waals surface area contributed by atoms with Crippen LogP contribution in [0.15, 0.2) is 109 Å². The zero-order valence-electron chi connectivity index (χ0n) is 20.2. The number of fused-ring (bicyclic) bond motifs is 4. The highest BCUT2D eigenvalue weighted by atomic mass is 16.5. The molecule has 172 valence electrons. The summed E-state index contributed by atoms with van der Waals surface area (Å²) in [6, 6.07) is 38.1. The third-order valence-corrected chi connectivity index (χ3v) is 7.26. The summed E-state index contributed by atoms with van der Waals surface area (Å²) in [5, 5.41) is 0. The van der Waals surface area contributed by atoms with Gasteiger partial charge in [-0.25, -0.2) is 0 Å². The quantitative estimate of drug-likeness (QED) is 0.278. The molecular formula is C32H24BNO2. The molecule has 0 spiro atoms. The molecule has 0 unspecified atom stereocenters. The molecule has 0 amide bonds. The van der Waals surface area contributed by atoms with E-state index in [1.807, 2.05) is 24.3 Å². The van der Waals surface area contributed by atoms with Gasteiger partial charge in [0.15, 0.2) is 0 Å². The molecule has 4 heteroatoms. The van der Waals surface area contributed by atoms with Gasteiger partial charge in [0, 0.05) is 22.5 Å². The molecule has 0 N–H and O–H groups in total. The molecule has 36 heavy (non-hydrogen) atoms. The van der Waals surface area contributed by atoms with Crippen molar-refractivity contribution < 1.29 is 9.47 Å². The highest BCUT2D eigenvalue weighted by Crippen LogP contribution is 2.40. The zero-order chi connectivity index (χ0) is 24.2. The van der Waals surface area contributed by atoms with Crippen LogP contribution < -0.4 is 30.8 Å². The number of nitrogens with zero attached hydrogens (tertiary/aromatic N) is 1. The number of hydrogen-bond acceptors (Lipinski definition) is 3.